The van der Waals surface area contributed by atoms with Crippen LogP contribution in [-0.4, -0.2) is 26.2 Å². The molecular formula is C19H18ClNO3. The van der Waals surface area contributed by atoms with Crippen molar-refractivity contribution >= 4 is 23.2 Å². The van der Waals surface area contributed by atoms with Crippen LogP contribution in [0.5, 0.6) is 11.5 Å². The lowest BCUT2D eigenvalue weighted by atomic mass is 10.1. The van der Waals surface area contributed by atoms with Gasteiger partial charge < -0.3 is 14.4 Å². The van der Waals surface area contributed by atoms with E-state index in [1.807, 2.05) is 47.4 Å². The van der Waals surface area contributed by atoms with Gasteiger partial charge in [0.15, 0.2) is 0 Å². The van der Waals surface area contributed by atoms with Crippen molar-refractivity contribution in [3.05, 3.63) is 53.1 Å². The van der Waals surface area contributed by atoms with Crippen LogP contribution < -0.4 is 14.4 Å². The fourth-order valence-corrected chi connectivity index (χ4v) is 3.43. The van der Waals surface area contributed by atoms with Gasteiger partial charge in [0, 0.05) is 17.0 Å². The summed E-state index contributed by atoms with van der Waals surface area (Å²) in [7, 11) is 1.62. The van der Waals surface area contributed by atoms with Gasteiger partial charge >= 0.3 is 0 Å². The Labute approximate surface area is 145 Å². The number of hydrogen-bond acceptors (Lipinski definition) is 3. The van der Waals surface area contributed by atoms with Gasteiger partial charge in [-0.05, 0) is 42.2 Å². The number of benzene rings is 2. The van der Waals surface area contributed by atoms with Gasteiger partial charge in [-0.15, -0.1) is 0 Å². The van der Waals surface area contributed by atoms with Crippen LogP contribution in [-0.2, 0) is 4.79 Å². The van der Waals surface area contributed by atoms with Crippen LogP contribution in [0.25, 0.3) is 0 Å². The number of methoxy groups -OCH3 is 1. The topological polar surface area (TPSA) is 38.8 Å². The van der Waals surface area contributed by atoms with Crippen molar-refractivity contribution in [2.24, 2.45) is 5.92 Å². The number of amides is 1. The van der Waals surface area contributed by atoms with Gasteiger partial charge in [-0.3, -0.25) is 4.79 Å². The molecule has 0 saturated heterocycles. The molecule has 0 spiro atoms. The molecule has 4 nitrogen and oxygen atoms in total. The molecule has 1 amide bonds. The summed E-state index contributed by atoms with van der Waals surface area (Å²) in [6.45, 7) is 1.09. The lowest BCUT2D eigenvalue weighted by Gasteiger charge is -2.30. The smallest absolute Gasteiger partial charge is 0.230 e. The number of halogens is 1. The van der Waals surface area contributed by atoms with E-state index >= 15 is 0 Å². The Bertz CT molecular complexity index is 775. The fraction of sp³-hybridized carbons (Fsp3) is 0.316. The number of fused-ring (bicyclic) bond motifs is 1. The standard InChI is InChI=1S/C19H18ClNO3/c1-23-14-6-7-18-17(10-14)21(8-9-24-18)19(22)16-11-15(16)12-2-4-13(20)5-3-12/h2-7,10,15-16H,8-9,11H2,1H3/t15-,16-/m1/s1. The van der Waals surface area contributed by atoms with Crippen molar-refractivity contribution in [3.8, 4) is 11.5 Å². The minimum atomic E-state index is 0.0309. The number of anilines is 1. The summed E-state index contributed by atoms with van der Waals surface area (Å²) in [6.07, 6.45) is 0.886. The van der Waals surface area contributed by atoms with Crippen molar-refractivity contribution in [1.29, 1.82) is 0 Å². The second-order valence-corrected chi connectivity index (χ2v) is 6.61. The summed E-state index contributed by atoms with van der Waals surface area (Å²) in [5.74, 6) is 1.93. The molecule has 2 aromatic carbocycles. The van der Waals surface area contributed by atoms with E-state index in [0.717, 1.165) is 28.6 Å². The van der Waals surface area contributed by atoms with E-state index in [0.29, 0.717) is 13.2 Å². The quantitative estimate of drug-likeness (QED) is 0.849. The summed E-state index contributed by atoms with van der Waals surface area (Å²) in [6, 6.07) is 13.4. The number of hydrogen-bond donors (Lipinski definition) is 0. The zero-order valence-corrected chi connectivity index (χ0v) is 14.1. The van der Waals surface area contributed by atoms with E-state index in [4.69, 9.17) is 21.1 Å². The number of ether oxygens (including phenoxy) is 2. The van der Waals surface area contributed by atoms with Crippen molar-refractivity contribution in [1.82, 2.24) is 0 Å². The van der Waals surface area contributed by atoms with E-state index in [1.165, 1.54) is 5.56 Å². The van der Waals surface area contributed by atoms with Crippen molar-refractivity contribution < 1.29 is 14.3 Å². The molecule has 2 aromatic rings. The first-order valence-corrected chi connectivity index (χ1v) is 8.43. The molecule has 5 heteroatoms. The first-order chi connectivity index (χ1) is 11.7. The van der Waals surface area contributed by atoms with Gasteiger partial charge in [0.1, 0.15) is 18.1 Å². The van der Waals surface area contributed by atoms with Gasteiger partial charge in [0.05, 0.1) is 19.3 Å². The lowest BCUT2D eigenvalue weighted by Crippen LogP contribution is -2.39. The molecule has 1 fully saturated rings. The van der Waals surface area contributed by atoms with Gasteiger partial charge in [0.2, 0.25) is 5.91 Å². The molecule has 0 N–H and O–H groups in total. The Morgan fingerprint density at radius 2 is 2.04 bits per heavy atom. The zero-order valence-electron chi connectivity index (χ0n) is 13.4. The fourth-order valence-electron chi connectivity index (χ4n) is 3.30. The predicted octanol–water partition coefficient (Wildman–Crippen LogP) is 3.88. The highest BCUT2D eigenvalue weighted by Gasteiger charge is 2.46. The largest absolute Gasteiger partial charge is 0.497 e. The number of nitrogens with zero attached hydrogens (tertiary/aromatic N) is 1. The molecule has 0 radical (unpaired) electrons. The highest BCUT2D eigenvalue weighted by molar-refractivity contribution is 6.30. The average molecular weight is 344 g/mol. The van der Waals surface area contributed by atoms with Crippen LogP contribution in [0, 0.1) is 5.92 Å². The van der Waals surface area contributed by atoms with Crippen LogP contribution in [0.1, 0.15) is 17.9 Å². The average Bonchev–Trinajstić information content (AvgIpc) is 3.41. The van der Waals surface area contributed by atoms with Gasteiger partial charge in [-0.25, -0.2) is 0 Å². The highest BCUT2D eigenvalue weighted by atomic mass is 35.5. The van der Waals surface area contributed by atoms with Gasteiger partial charge in [0.25, 0.3) is 0 Å². The van der Waals surface area contributed by atoms with Gasteiger partial charge in [-0.2, -0.15) is 0 Å². The van der Waals surface area contributed by atoms with Gasteiger partial charge in [-0.1, -0.05) is 23.7 Å². The third-order valence-corrected chi connectivity index (χ3v) is 4.95. The van der Waals surface area contributed by atoms with Crippen LogP contribution >= 0.6 is 11.6 Å². The second kappa shape index (κ2) is 6.02. The number of carbonyl (C=O) groups is 1. The minimum Gasteiger partial charge on any atom is -0.497 e. The monoisotopic (exact) mass is 343 g/mol. The summed E-state index contributed by atoms with van der Waals surface area (Å²) < 4.78 is 10.9. The second-order valence-electron chi connectivity index (χ2n) is 6.17. The lowest BCUT2D eigenvalue weighted by molar-refractivity contribution is -0.120. The number of carbonyl (C=O) groups excluding carboxylic acids is 1. The molecule has 124 valence electrons. The zero-order chi connectivity index (χ0) is 16.7. The van der Waals surface area contributed by atoms with Crippen LogP contribution in [0.3, 0.4) is 0 Å². The van der Waals surface area contributed by atoms with Crippen molar-refractivity contribution in [2.45, 2.75) is 12.3 Å². The summed E-state index contributed by atoms with van der Waals surface area (Å²) in [4.78, 5) is 14.8. The van der Waals surface area contributed by atoms with Crippen LogP contribution in [0.4, 0.5) is 5.69 Å². The molecule has 1 aliphatic carbocycles. The van der Waals surface area contributed by atoms with Crippen LogP contribution in [0.15, 0.2) is 42.5 Å². The third kappa shape index (κ3) is 2.71. The maximum atomic E-state index is 13.0. The Hall–Kier alpha value is -2.20. The SMILES string of the molecule is COc1ccc2c(c1)N(C(=O)[C@@H]1C[C@@H]1c1ccc(Cl)cc1)CCO2. The Morgan fingerprint density at radius 1 is 1.25 bits per heavy atom. The molecular weight excluding hydrogens is 326 g/mol. The Balaban J connectivity index is 1.55. The van der Waals surface area contributed by atoms with E-state index < -0.39 is 0 Å². The summed E-state index contributed by atoms with van der Waals surface area (Å²) >= 11 is 5.94. The predicted molar refractivity (Wildman–Crippen MR) is 93.1 cm³/mol. The molecule has 2 aliphatic rings. The molecule has 0 bridgehead atoms. The number of rotatable bonds is 3. The molecule has 1 aliphatic heterocycles. The maximum absolute atomic E-state index is 13.0. The molecule has 0 aromatic heterocycles. The molecule has 4 rings (SSSR count). The molecule has 0 unspecified atom stereocenters. The Kier molecular flexibility index (Phi) is 3.85. The molecule has 1 heterocycles. The normalized spacial score (nSPS) is 21.7. The highest BCUT2D eigenvalue weighted by Crippen LogP contribution is 2.50. The van der Waals surface area contributed by atoms with E-state index in [2.05, 4.69) is 0 Å². The molecule has 2 atom stereocenters. The first-order valence-electron chi connectivity index (χ1n) is 8.05. The summed E-state index contributed by atoms with van der Waals surface area (Å²) in [5, 5.41) is 0.719. The van der Waals surface area contributed by atoms with E-state index in [1.54, 1.807) is 7.11 Å². The van der Waals surface area contributed by atoms with E-state index in [-0.39, 0.29) is 17.7 Å². The van der Waals surface area contributed by atoms with Crippen molar-refractivity contribution in [2.75, 3.05) is 25.2 Å². The van der Waals surface area contributed by atoms with E-state index in [9.17, 15) is 4.79 Å². The van der Waals surface area contributed by atoms with Crippen molar-refractivity contribution in [3.63, 3.8) is 0 Å². The summed E-state index contributed by atoms with van der Waals surface area (Å²) in [5.41, 5.74) is 1.98. The maximum Gasteiger partial charge on any atom is 0.230 e. The Morgan fingerprint density at radius 3 is 2.79 bits per heavy atom. The minimum absolute atomic E-state index is 0.0309. The van der Waals surface area contributed by atoms with Crippen LogP contribution in [0.2, 0.25) is 5.02 Å². The molecule has 1 saturated carbocycles. The first kappa shape index (κ1) is 15.3. The molecule has 24 heavy (non-hydrogen) atoms. The third-order valence-electron chi connectivity index (χ3n) is 4.70.